The van der Waals surface area contributed by atoms with Crippen LogP contribution in [0.1, 0.15) is 31.2 Å². The number of fused-ring (bicyclic) bond motifs is 1. The fourth-order valence-electron chi connectivity index (χ4n) is 3.05. The van der Waals surface area contributed by atoms with Crippen molar-refractivity contribution >= 4 is 16.7 Å². The number of hydrogen-bond acceptors (Lipinski definition) is 3. The number of rotatable bonds is 3. The fourth-order valence-corrected chi connectivity index (χ4v) is 3.05. The lowest BCUT2D eigenvalue weighted by atomic mass is 9.92. The van der Waals surface area contributed by atoms with Crippen molar-refractivity contribution in [2.45, 2.75) is 44.8 Å². The molecule has 1 saturated carbocycles. The molecule has 0 radical (unpaired) electrons. The van der Waals surface area contributed by atoms with Crippen molar-refractivity contribution in [3.8, 4) is 0 Å². The van der Waals surface area contributed by atoms with Gasteiger partial charge in [0.05, 0.1) is 11.6 Å². The Morgan fingerprint density at radius 1 is 1.25 bits per heavy atom. The molecule has 0 amide bonds. The van der Waals surface area contributed by atoms with Crippen molar-refractivity contribution in [1.29, 1.82) is 0 Å². The van der Waals surface area contributed by atoms with Gasteiger partial charge >= 0.3 is 0 Å². The monoisotopic (exact) mass is 270 g/mol. The van der Waals surface area contributed by atoms with Gasteiger partial charge in [-0.2, -0.15) is 0 Å². The average Bonchev–Trinajstić information content (AvgIpc) is 2.48. The van der Waals surface area contributed by atoms with Gasteiger partial charge in [0.25, 0.3) is 0 Å². The van der Waals surface area contributed by atoms with Crippen LogP contribution in [0.5, 0.6) is 0 Å². The van der Waals surface area contributed by atoms with Gasteiger partial charge in [0, 0.05) is 18.5 Å². The first-order valence-corrected chi connectivity index (χ1v) is 7.42. The highest BCUT2D eigenvalue weighted by Gasteiger charge is 2.22. The molecule has 3 nitrogen and oxygen atoms in total. The molecule has 0 saturated heterocycles. The number of aryl methyl sites for hydroxylation is 1. The third-order valence-corrected chi connectivity index (χ3v) is 4.21. The molecule has 2 unspecified atom stereocenters. The van der Waals surface area contributed by atoms with Gasteiger partial charge in [-0.15, -0.1) is 0 Å². The predicted octanol–water partition coefficient (Wildman–Crippen LogP) is 3.91. The van der Waals surface area contributed by atoms with Gasteiger partial charge in [-0.05, 0) is 50.3 Å². The molecule has 1 heterocycles. The summed E-state index contributed by atoms with van der Waals surface area (Å²) in [5, 5.41) is 4.82. The van der Waals surface area contributed by atoms with Crippen LogP contribution in [-0.2, 0) is 4.74 Å². The minimum atomic E-state index is 0.391. The number of nitrogens with zero attached hydrogens (tertiary/aromatic N) is 1. The molecular weight excluding hydrogens is 248 g/mol. The van der Waals surface area contributed by atoms with Crippen molar-refractivity contribution in [2.24, 2.45) is 0 Å². The molecule has 3 rings (SSSR count). The topological polar surface area (TPSA) is 34.1 Å². The first kappa shape index (κ1) is 13.4. The van der Waals surface area contributed by atoms with E-state index in [1.807, 2.05) is 13.2 Å². The Morgan fingerprint density at radius 3 is 2.95 bits per heavy atom. The molecule has 1 aliphatic rings. The average molecular weight is 270 g/mol. The molecule has 1 aromatic carbocycles. The maximum Gasteiger partial charge on any atom is 0.129 e. The molecule has 1 fully saturated rings. The van der Waals surface area contributed by atoms with Crippen LogP contribution in [0.3, 0.4) is 0 Å². The zero-order chi connectivity index (χ0) is 13.9. The second-order valence-corrected chi connectivity index (χ2v) is 5.71. The van der Waals surface area contributed by atoms with Crippen LogP contribution in [0.2, 0.25) is 0 Å². The lowest BCUT2D eigenvalue weighted by Gasteiger charge is -2.29. The molecule has 1 N–H and O–H groups in total. The Labute approximate surface area is 120 Å². The van der Waals surface area contributed by atoms with Gasteiger partial charge < -0.3 is 10.1 Å². The quantitative estimate of drug-likeness (QED) is 0.918. The molecule has 0 aliphatic heterocycles. The van der Waals surface area contributed by atoms with Crippen molar-refractivity contribution < 1.29 is 4.74 Å². The number of hydrogen-bond donors (Lipinski definition) is 1. The van der Waals surface area contributed by atoms with Gasteiger partial charge in [0.2, 0.25) is 0 Å². The van der Waals surface area contributed by atoms with E-state index in [4.69, 9.17) is 9.72 Å². The number of para-hydroxylation sites is 1. The van der Waals surface area contributed by atoms with Gasteiger partial charge in [0.15, 0.2) is 0 Å². The smallest absolute Gasteiger partial charge is 0.129 e. The maximum atomic E-state index is 5.50. The molecule has 3 heteroatoms. The van der Waals surface area contributed by atoms with E-state index in [1.54, 1.807) is 0 Å². The molecular formula is C17H22N2O. The summed E-state index contributed by atoms with van der Waals surface area (Å²) < 4.78 is 5.50. The number of nitrogens with one attached hydrogen (secondary N) is 1. The lowest BCUT2D eigenvalue weighted by molar-refractivity contribution is 0.0669. The van der Waals surface area contributed by atoms with Crippen LogP contribution in [0.15, 0.2) is 30.3 Å². The number of methoxy groups -OCH3 is 1. The second kappa shape index (κ2) is 5.80. The lowest BCUT2D eigenvalue weighted by Crippen LogP contribution is -2.31. The van der Waals surface area contributed by atoms with E-state index in [0.29, 0.717) is 12.1 Å². The Morgan fingerprint density at radius 2 is 2.10 bits per heavy atom. The van der Waals surface area contributed by atoms with E-state index in [0.717, 1.165) is 17.8 Å². The highest BCUT2D eigenvalue weighted by atomic mass is 16.5. The minimum absolute atomic E-state index is 0.391. The largest absolute Gasteiger partial charge is 0.381 e. The van der Waals surface area contributed by atoms with Crippen LogP contribution in [-0.4, -0.2) is 24.2 Å². The van der Waals surface area contributed by atoms with Crippen LogP contribution in [0.4, 0.5) is 5.82 Å². The molecule has 1 aliphatic carbocycles. The third-order valence-electron chi connectivity index (χ3n) is 4.21. The summed E-state index contributed by atoms with van der Waals surface area (Å²) in [6.07, 6.45) is 5.07. The van der Waals surface area contributed by atoms with Crippen LogP contribution >= 0.6 is 0 Å². The predicted molar refractivity (Wildman–Crippen MR) is 83.2 cm³/mol. The highest BCUT2D eigenvalue weighted by Crippen LogP contribution is 2.26. The van der Waals surface area contributed by atoms with Gasteiger partial charge in [-0.3, -0.25) is 0 Å². The molecule has 106 valence electrons. The van der Waals surface area contributed by atoms with E-state index in [2.05, 4.69) is 36.5 Å². The third kappa shape index (κ3) is 2.78. The van der Waals surface area contributed by atoms with Crippen LogP contribution < -0.4 is 5.32 Å². The zero-order valence-electron chi connectivity index (χ0n) is 12.2. The minimum Gasteiger partial charge on any atom is -0.381 e. The summed E-state index contributed by atoms with van der Waals surface area (Å²) in [5.74, 6) is 1.02. The molecule has 1 aromatic heterocycles. The van der Waals surface area contributed by atoms with E-state index in [9.17, 15) is 0 Å². The second-order valence-electron chi connectivity index (χ2n) is 5.71. The number of benzene rings is 1. The van der Waals surface area contributed by atoms with Crippen LogP contribution in [0, 0.1) is 6.92 Å². The number of ether oxygens (including phenoxy) is 1. The van der Waals surface area contributed by atoms with E-state index in [1.165, 1.54) is 30.2 Å². The zero-order valence-corrected chi connectivity index (χ0v) is 12.2. The summed E-state index contributed by atoms with van der Waals surface area (Å²) in [4.78, 5) is 4.77. The van der Waals surface area contributed by atoms with Gasteiger partial charge in [-0.1, -0.05) is 18.2 Å². The van der Waals surface area contributed by atoms with E-state index >= 15 is 0 Å². The summed E-state index contributed by atoms with van der Waals surface area (Å²) in [6, 6.07) is 11.0. The Balaban J connectivity index is 1.81. The normalized spacial score (nSPS) is 22.9. The number of aromatic nitrogens is 1. The first-order valence-electron chi connectivity index (χ1n) is 7.42. The highest BCUT2D eigenvalue weighted by molar-refractivity contribution is 5.81. The standard InChI is InChI=1S/C17H22N2O/c1-12-10-13-6-3-4-9-16(13)19-17(12)18-14-7-5-8-15(11-14)20-2/h3-4,6,9-10,14-15H,5,7-8,11H2,1-2H3,(H,18,19). The number of anilines is 1. The Hall–Kier alpha value is -1.61. The maximum absolute atomic E-state index is 5.50. The SMILES string of the molecule is COC1CCCC(Nc2nc3ccccc3cc2C)C1. The molecule has 0 bridgehead atoms. The summed E-state index contributed by atoms with van der Waals surface area (Å²) in [5.41, 5.74) is 2.27. The van der Waals surface area contributed by atoms with Crippen molar-refractivity contribution in [1.82, 2.24) is 4.98 Å². The summed E-state index contributed by atoms with van der Waals surface area (Å²) in [7, 11) is 1.81. The van der Waals surface area contributed by atoms with E-state index in [-0.39, 0.29) is 0 Å². The van der Waals surface area contributed by atoms with Gasteiger partial charge in [-0.25, -0.2) is 4.98 Å². The van der Waals surface area contributed by atoms with Crippen molar-refractivity contribution in [3.63, 3.8) is 0 Å². The van der Waals surface area contributed by atoms with Gasteiger partial charge in [0.1, 0.15) is 5.82 Å². The Bertz CT molecular complexity index is 597. The van der Waals surface area contributed by atoms with Crippen molar-refractivity contribution in [2.75, 3.05) is 12.4 Å². The first-order chi connectivity index (χ1) is 9.76. The molecule has 2 atom stereocenters. The van der Waals surface area contributed by atoms with Crippen molar-refractivity contribution in [3.05, 3.63) is 35.9 Å². The van der Waals surface area contributed by atoms with Crippen LogP contribution in [0.25, 0.3) is 10.9 Å². The fraction of sp³-hybridized carbons (Fsp3) is 0.471. The molecule has 0 spiro atoms. The summed E-state index contributed by atoms with van der Waals surface area (Å²) >= 11 is 0. The molecule has 2 aromatic rings. The number of pyridine rings is 1. The molecule has 20 heavy (non-hydrogen) atoms. The summed E-state index contributed by atoms with van der Waals surface area (Å²) in [6.45, 7) is 2.12. The van der Waals surface area contributed by atoms with E-state index < -0.39 is 0 Å². The Kier molecular flexibility index (Phi) is 3.88.